The Balaban J connectivity index is 1.49. The Morgan fingerprint density at radius 3 is 2.23 bits per heavy atom. The Hall–Kier alpha value is -5.11. The molecule has 40 heavy (non-hydrogen) atoms. The van der Waals surface area contributed by atoms with Gasteiger partial charge in [0.15, 0.2) is 5.82 Å². The van der Waals surface area contributed by atoms with Crippen LogP contribution in [0.15, 0.2) is 103 Å². The van der Waals surface area contributed by atoms with Crippen molar-refractivity contribution in [1.82, 2.24) is 29.3 Å². The average molecular weight is 527 g/mol. The molecule has 0 aliphatic carbocycles. The third-order valence-electron chi connectivity index (χ3n) is 7.05. The minimum atomic E-state index is 0.570. The van der Waals surface area contributed by atoms with Crippen LogP contribution in [0, 0.1) is 0 Å². The predicted molar refractivity (Wildman–Crippen MR) is 161 cm³/mol. The highest BCUT2D eigenvalue weighted by Crippen LogP contribution is 2.33. The van der Waals surface area contributed by atoms with Crippen LogP contribution in [0.2, 0.25) is 0 Å². The van der Waals surface area contributed by atoms with Crippen molar-refractivity contribution in [3.63, 3.8) is 0 Å². The number of anilines is 2. The van der Waals surface area contributed by atoms with E-state index < -0.39 is 0 Å². The second-order valence-corrected chi connectivity index (χ2v) is 9.73. The van der Waals surface area contributed by atoms with Gasteiger partial charge in [0.25, 0.3) is 0 Å². The SMILES string of the molecule is CCc1cc(-c2cnn(C)c2)ncc1N(C)c1cc2c(ncn2C)c(N=C(c2ccccc2)c2ccccc2)n1. The smallest absolute Gasteiger partial charge is 0.183 e. The van der Waals surface area contributed by atoms with Gasteiger partial charge < -0.3 is 9.47 Å². The van der Waals surface area contributed by atoms with Crippen molar-refractivity contribution in [1.29, 1.82) is 0 Å². The summed E-state index contributed by atoms with van der Waals surface area (Å²) in [6.45, 7) is 2.15. The van der Waals surface area contributed by atoms with E-state index in [-0.39, 0.29) is 0 Å². The molecular formula is C32H30N8. The molecule has 6 rings (SSSR count). The third kappa shape index (κ3) is 4.75. The molecule has 8 nitrogen and oxygen atoms in total. The molecule has 4 aromatic heterocycles. The topological polar surface area (TPSA) is 77.0 Å². The van der Waals surface area contributed by atoms with Gasteiger partial charge in [0.2, 0.25) is 0 Å². The summed E-state index contributed by atoms with van der Waals surface area (Å²) < 4.78 is 3.79. The van der Waals surface area contributed by atoms with Crippen LogP contribution in [0.3, 0.4) is 0 Å². The van der Waals surface area contributed by atoms with Gasteiger partial charge in [-0.15, -0.1) is 0 Å². The number of rotatable bonds is 7. The number of aliphatic imine (C=N–C) groups is 1. The fraction of sp³-hybridized carbons (Fsp3) is 0.156. The molecule has 0 aliphatic rings. The second kappa shape index (κ2) is 10.6. The second-order valence-electron chi connectivity index (χ2n) is 9.73. The van der Waals surface area contributed by atoms with E-state index in [0.717, 1.165) is 57.1 Å². The van der Waals surface area contributed by atoms with E-state index in [1.54, 1.807) is 4.68 Å². The lowest BCUT2D eigenvalue weighted by Crippen LogP contribution is -2.14. The minimum absolute atomic E-state index is 0.570. The molecule has 0 unspecified atom stereocenters. The zero-order chi connectivity index (χ0) is 27.6. The normalized spacial score (nSPS) is 11.1. The van der Waals surface area contributed by atoms with Crippen LogP contribution in [-0.2, 0) is 20.5 Å². The van der Waals surface area contributed by atoms with Gasteiger partial charge in [0.1, 0.15) is 11.3 Å². The largest absolute Gasteiger partial charge is 0.334 e. The van der Waals surface area contributed by atoms with E-state index in [9.17, 15) is 0 Å². The monoisotopic (exact) mass is 526 g/mol. The molecule has 0 spiro atoms. The molecule has 0 atom stereocenters. The highest BCUT2D eigenvalue weighted by Gasteiger charge is 2.18. The lowest BCUT2D eigenvalue weighted by molar-refractivity contribution is 0.768. The number of fused-ring (bicyclic) bond motifs is 1. The number of pyridine rings is 2. The molecule has 0 radical (unpaired) electrons. The first-order valence-electron chi connectivity index (χ1n) is 13.2. The van der Waals surface area contributed by atoms with Gasteiger partial charge in [0, 0.05) is 50.1 Å². The van der Waals surface area contributed by atoms with Crippen LogP contribution < -0.4 is 4.90 Å². The van der Waals surface area contributed by atoms with Gasteiger partial charge in [0.05, 0.1) is 41.3 Å². The number of aromatic nitrogens is 6. The Kier molecular flexibility index (Phi) is 6.66. The highest BCUT2D eigenvalue weighted by molar-refractivity contribution is 6.14. The number of hydrogen-bond acceptors (Lipinski definition) is 6. The van der Waals surface area contributed by atoms with Crippen molar-refractivity contribution in [3.8, 4) is 11.3 Å². The average Bonchev–Trinajstić information content (AvgIpc) is 3.61. The van der Waals surface area contributed by atoms with Crippen molar-refractivity contribution < 1.29 is 0 Å². The fourth-order valence-electron chi connectivity index (χ4n) is 4.85. The van der Waals surface area contributed by atoms with E-state index in [1.807, 2.05) is 87.0 Å². The fourth-order valence-corrected chi connectivity index (χ4v) is 4.85. The van der Waals surface area contributed by atoms with Crippen LogP contribution in [0.4, 0.5) is 17.3 Å². The molecule has 0 saturated heterocycles. The quantitative estimate of drug-likeness (QED) is 0.229. The van der Waals surface area contributed by atoms with Gasteiger partial charge in [-0.05, 0) is 18.1 Å². The molecule has 6 aromatic rings. The number of benzene rings is 2. The van der Waals surface area contributed by atoms with Gasteiger partial charge in [-0.1, -0.05) is 67.6 Å². The Bertz CT molecular complexity index is 1780. The number of imidazole rings is 1. The Morgan fingerprint density at radius 1 is 0.900 bits per heavy atom. The van der Waals surface area contributed by atoms with Crippen LogP contribution in [-0.4, -0.2) is 42.1 Å². The molecule has 8 heteroatoms. The lowest BCUT2D eigenvalue weighted by atomic mass is 10.0. The minimum Gasteiger partial charge on any atom is -0.334 e. The molecule has 0 fully saturated rings. The summed E-state index contributed by atoms with van der Waals surface area (Å²) in [5, 5.41) is 4.30. The molecule has 0 N–H and O–H groups in total. The van der Waals surface area contributed by atoms with E-state index in [0.29, 0.717) is 5.82 Å². The Labute approximate surface area is 233 Å². The molecule has 198 valence electrons. The Morgan fingerprint density at radius 2 is 1.60 bits per heavy atom. The van der Waals surface area contributed by atoms with Crippen molar-refractivity contribution in [2.45, 2.75) is 13.3 Å². The van der Waals surface area contributed by atoms with E-state index >= 15 is 0 Å². The van der Waals surface area contributed by atoms with E-state index in [1.165, 1.54) is 5.56 Å². The van der Waals surface area contributed by atoms with Crippen LogP contribution in [0.25, 0.3) is 22.3 Å². The van der Waals surface area contributed by atoms with Crippen LogP contribution in [0.1, 0.15) is 23.6 Å². The van der Waals surface area contributed by atoms with Crippen molar-refractivity contribution in [3.05, 3.63) is 114 Å². The molecule has 0 saturated carbocycles. The maximum atomic E-state index is 5.15. The lowest BCUT2D eigenvalue weighted by Gasteiger charge is -2.22. The van der Waals surface area contributed by atoms with Gasteiger partial charge in [-0.3, -0.25) is 9.67 Å². The van der Waals surface area contributed by atoms with Crippen molar-refractivity contribution >= 4 is 34.1 Å². The third-order valence-corrected chi connectivity index (χ3v) is 7.05. The first kappa shape index (κ1) is 25.2. The zero-order valence-electron chi connectivity index (χ0n) is 23.0. The molecular weight excluding hydrogens is 496 g/mol. The highest BCUT2D eigenvalue weighted by atomic mass is 15.2. The molecule has 4 heterocycles. The zero-order valence-corrected chi connectivity index (χ0v) is 23.0. The molecule has 0 amide bonds. The summed E-state index contributed by atoms with van der Waals surface area (Å²) in [6.07, 6.45) is 8.38. The summed E-state index contributed by atoms with van der Waals surface area (Å²) in [6, 6.07) is 24.6. The van der Waals surface area contributed by atoms with Gasteiger partial charge in [-0.25, -0.2) is 15.0 Å². The first-order valence-corrected chi connectivity index (χ1v) is 13.2. The summed E-state index contributed by atoms with van der Waals surface area (Å²) in [5.74, 6) is 1.33. The van der Waals surface area contributed by atoms with Crippen molar-refractivity contribution in [2.75, 3.05) is 11.9 Å². The van der Waals surface area contributed by atoms with Crippen molar-refractivity contribution in [2.24, 2.45) is 19.1 Å². The maximum absolute atomic E-state index is 5.15. The number of aryl methyl sites for hydroxylation is 3. The van der Waals surface area contributed by atoms with Crippen LogP contribution in [0.5, 0.6) is 0 Å². The molecule has 0 aliphatic heterocycles. The summed E-state index contributed by atoms with van der Waals surface area (Å²) >= 11 is 0. The van der Waals surface area contributed by atoms with Gasteiger partial charge >= 0.3 is 0 Å². The van der Waals surface area contributed by atoms with E-state index in [2.05, 4.69) is 58.3 Å². The molecule has 0 bridgehead atoms. The first-order chi connectivity index (χ1) is 19.5. The number of hydrogen-bond donors (Lipinski definition) is 0. The number of nitrogens with zero attached hydrogens (tertiary/aromatic N) is 8. The maximum Gasteiger partial charge on any atom is 0.183 e. The molecule has 2 aromatic carbocycles. The summed E-state index contributed by atoms with van der Waals surface area (Å²) in [7, 11) is 5.92. The summed E-state index contributed by atoms with van der Waals surface area (Å²) in [4.78, 5) is 21.7. The summed E-state index contributed by atoms with van der Waals surface area (Å²) in [5.41, 5.74) is 8.64. The standard InChI is InChI=1S/C32H30N8/c1-5-22-16-26(25-18-35-39(3)20-25)33-19-28(22)40(4)29-17-27-31(34-21-38(27)2)32(36-29)37-30(23-12-8-6-9-13-23)24-14-10-7-11-15-24/h6-21H,5H2,1-4H3. The van der Waals surface area contributed by atoms with Gasteiger partial charge in [-0.2, -0.15) is 5.10 Å². The van der Waals surface area contributed by atoms with E-state index in [4.69, 9.17) is 15.0 Å². The predicted octanol–water partition coefficient (Wildman–Crippen LogP) is 6.26. The van der Waals surface area contributed by atoms with Crippen LogP contribution >= 0.6 is 0 Å².